The summed E-state index contributed by atoms with van der Waals surface area (Å²) in [7, 11) is 0. The molecule has 148 valence electrons. The van der Waals surface area contributed by atoms with Gasteiger partial charge in [0.05, 0.1) is 18.8 Å². The number of carbonyl (C=O) groups excluding carboxylic acids is 2. The largest absolute Gasteiger partial charge is 0.379 e. The quantitative estimate of drug-likeness (QED) is 0.727. The molecule has 3 heterocycles. The number of piperidine rings is 1. The third-order valence-electron chi connectivity index (χ3n) is 5.31. The summed E-state index contributed by atoms with van der Waals surface area (Å²) in [5.41, 5.74) is 0.500. The van der Waals surface area contributed by atoms with Crippen LogP contribution in [0.4, 0.5) is 0 Å². The van der Waals surface area contributed by atoms with Gasteiger partial charge < -0.3 is 14.5 Å². The van der Waals surface area contributed by atoms with Gasteiger partial charge in [0, 0.05) is 64.6 Å². The van der Waals surface area contributed by atoms with Crippen LogP contribution in [-0.2, 0) is 9.53 Å². The van der Waals surface area contributed by atoms with E-state index in [1.807, 2.05) is 9.80 Å². The summed E-state index contributed by atoms with van der Waals surface area (Å²) in [5.74, 6) is 0.0245. The third kappa shape index (κ3) is 5.46. The standard InChI is InChI=1S/C19H29N5O3/c1-16(25)24(7-3-5-22-8-10-27-11-9-22)18-4-2-6-23(14-18)19(26)17-12-20-15-21-13-17/h12-13,15,18H,2-11,14H2,1H3. The highest BCUT2D eigenvalue weighted by atomic mass is 16.5. The number of hydrogen-bond donors (Lipinski definition) is 0. The molecular weight excluding hydrogens is 346 g/mol. The maximum atomic E-state index is 12.7. The molecule has 1 aromatic rings. The molecule has 0 N–H and O–H groups in total. The summed E-state index contributed by atoms with van der Waals surface area (Å²) >= 11 is 0. The maximum absolute atomic E-state index is 12.7. The SMILES string of the molecule is CC(=O)N(CCCN1CCOCC1)C1CCCN(C(=O)c2cncnc2)C1. The second-order valence-corrected chi connectivity index (χ2v) is 7.19. The van der Waals surface area contributed by atoms with Gasteiger partial charge in [-0.1, -0.05) is 0 Å². The fourth-order valence-electron chi connectivity index (χ4n) is 3.87. The Labute approximate surface area is 160 Å². The lowest BCUT2D eigenvalue weighted by molar-refractivity contribution is -0.132. The zero-order valence-corrected chi connectivity index (χ0v) is 16.0. The van der Waals surface area contributed by atoms with E-state index < -0.39 is 0 Å². The first-order valence-corrected chi connectivity index (χ1v) is 9.77. The Balaban J connectivity index is 1.54. The zero-order valence-electron chi connectivity index (χ0n) is 16.0. The molecule has 2 aliphatic heterocycles. The first kappa shape index (κ1) is 19.7. The Morgan fingerprint density at radius 3 is 2.67 bits per heavy atom. The lowest BCUT2D eigenvalue weighted by Crippen LogP contribution is -2.51. The van der Waals surface area contributed by atoms with E-state index in [1.165, 1.54) is 6.33 Å². The third-order valence-corrected chi connectivity index (χ3v) is 5.31. The molecule has 27 heavy (non-hydrogen) atoms. The van der Waals surface area contributed by atoms with Crippen molar-refractivity contribution in [2.24, 2.45) is 0 Å². The number of likely N-dealkylation sites (tertiary alicyclic amines) is 1. The molecule has 1 atom stereocenters. The van der Waals surface area contributed by atoms with Crippen LogP contribution in [0.1, 0.15) is 36.5 Å². The van der Waals surface area contributed by atoms with Crippen molar-refractivity contribution in [2.45, 2.75) is 32.2 Å². The lowest BCUT2D eigenvalue weighted by Gasteiger charge is -2.39. The average molecular weight is 375 g/mol. The topological polar surface area (TPSA) is 78.9 Å². The number of aromatic nitrogens is 2. The lowest BCUT2D eigenvalue weighted by atomic mass is 10.0. The van der Waals surface area contributed by atoms with Crippen LogP contribution in [0.5, 0.6) is 0 Å². The molecule has 0 bridgehead atoms. The molecule has 1 aromatic heterocycles. The molecule has 0 spiro atoms. The molecule has 0 saturated carbocycles. The molecule has 2 saturated heterocycles. The molecule has 0 aliphatic carbocycles. The van der Waals surface area contributed by atoms with Crippen LogP contribution >= 0.6 is 0 Å². The van der Waals surface area contributed by atoms with Crippen LogP contribution in [0, 0.1) is 0 Å². The number of carbonyl (C=O) groups is 2. The summed E-state index contributed by atoms with van der Waals surface area (Å²) in [6, 6.07) is 0.0783. The van der Waals surface area contributed by atoms with Crippen LogP contribution in [0.3, 0.4) is 0 Å². The molecule has 8 nitrogen and oxygen atoms in total. The van der Waals surface area contributed by atoms with E-state index in [2.05, 4.69) is 14.9 Å². The van der Waals surface area contributed by atoms with Gasteiger partial charge in [0.15, 0.2) is 0 Å². The molecule has 2 amide bonds. The smallest absolute Gasteiger partial charge is 0.257 e. The number of rotatable bonds is 6. The molecule has 0 radical (unpaired) electrons. The predicted octanol–water partition coefficient (Wildman–Crippen LogP) is 0.652. The van der Waals surface area contributed by atoms with Crippen LogP contribution < -0.4 is 0 Å². The number of hydrogen-bond acceptors (Lipinski definition) is 6. The van der Waals surface area contributed by atoms with Crippen molar-refractivity contribution in [2.75, 3.05) is 52.5 Å². The summed E-state index contributed by atoms with van der Waals surface area (Å²) in [6.45, 7) is 8.13. The van der Waals surface area contributed by atoms with Crippen molar-refractivity contribution in [3.63, 3.8) is 0 Å². The normalized spacial score (nSPS) is 21.1. The molecule has 8 heteroatoms. The van der Waals surface area contributed by atoms with Gasteiger partial charge in [-0.2, -0.15) is 0 Å². The fourth-order valence-corrected chi connectivity index (χ4v) is 3.87. The van der Waals surface area contributed by atoms with E-state index in [4.69, 9.17) is 4.74 Å². The number of ether oxygens (including phenoxy) is 1. The Hall–Kier alpha value is -2.06. The molecular formula is C19H29N5O3. The van der Waals surface area contributed by atoms with Crippen molar-refractivity contribution in [1.29, 1.82) is 0 Å². The minimum Gasteiger partial charge on any atom is -0.379 e. The highest BCUT2D eigenvalue weighted by Crippen LogP contribution is 2.18. The Bertz CT molecular complexity index is 621. The van der Waals surface area contributed by atoms with Gasteiger partial charge in [0.25, 0.3) is 5.91 Å². The van der Waals surface area contributed by atoms with Gasteiger partial charge in [-0.3, -0.25) is 14.5 Å². The number of morpholine rings is 1. The van der Waals surface area contributed by atoms with Gasteiger partial charge in [0.1, 0.15) is 6.33 Å². The highest BCUT2D eigenvalue weighted by molar-refractivity contribution is 5.93. The first-order chi connectivity index (χ1) is 13.1. The van der Waals surface area contributed by atoms with Gasteiger partial charge in [-0.15, -0.1) is 0 Å². The van der Waals surface area contributed by atoms with Crippen molar-refractivity contribution in [3.05, 3.63) is 24.3 Å². The fraction of sp³-hybridized carbons (Fsp3) is 0.684. The second kappa shape index (κ2) is 9.75. The van der Waals surface area contributed by atoms with Crippen molar-refractivity contribution >= 4 is 11.8 Å². The highest BCUT2D eigenvalue weighted by Gasteiger charge is 2.29. The van der Waals surface area contributed by atoms with Gasteiger partial charge in [-0.25, -0.2) is 9.97 Å². The first-order valence-electron chi connectivity index (χ1n) is 9.77. The number of amides is 2. The van der Waals surface area contributed by atoms with E-state index in [1.54, 1.807) is 19.3 Å². The minimum atomic E-state index is -0.0582. The van der Waals surface area contributed by atoms with Gasteiger partial charge in [-0.05, 0) is 19.3 Å². The van der Waals surface area contributed by atoms with E-state index in [-0.39, 0.29) is 17.9 Å². The van der Waals surface area contributed by atoms with Gasteiger partial charge in [0.2, 0.25) is 5.91 Å². The molecule has 0 aromatic carbocycles. The minimum absolute atomic E-state index is 0.0582. The average Bonchev–Trinajstić information content (AvgIpc) is 2.72. The summed E-state index contributed by atoms with van der Waals surface area (Å²) in [5, 5.41) is 0. The summed E-state index contributed by atoms with van der Waals surface area (Å²) in [6.07, 6.45) is 7.29. The van der Waals surface area contributed by atoms with E-state index in [0.29, 0.717) is 18.7 Å². The number of nitrogens with zero attached hydrogens (tertiary/aromatic N) is 5. The molecule has 2 aliphatic rings. The Morgan fingerprint density at radius 1 is 1.22 bits per heavy atom. The second-order valence-electron chi connectivity index (χ2n) is 7.19. The maximum Gasteiger partial charge on any atom is 0.257 e. The van der Waals surface area contributed by atoms with Crippen LogP contribution in [0.15, 0.2) is 18.7 Å². The molecule has 1 unspecified atom stereocenters. The van der Waals surface area contributed by atoms with E-state index >= 15 is 0 Å². The molecule has 2 fully saturated rings. The predicted molar refractivity (Wildman–Crippen MR) is 100 cm³/mol. The Morgan fingerprint density at radius 2 is 1.96 bits per heavy atom. The van der Waals surface area contributed by atoms with Crippen LogP contribution in [0.25, 0.3) is 0 Å². The Kier molecular flexibility index (Phi) is 7.11. The van der Waals surface area contributed by atoms with Crippen LogP contribution in [0.2, 0.25) is 0 Å². The van der Waals surface area contributed by atoms with Crippen molar-refractivity contribution in [3.8, 4) is 0 Å². The van der Waals surface area contributed by atoms with Crippen molar-refractivity contribution in [1.82, 2.24) is 24.7 Å². The van der Waals surface area contributed by atoms with Crippen LogP contribution in [-0.4, -0.2) is 95.0 Å². The summed E-state index contributed by atoms with van der Waals surface area (Å²) in [4.78, 5) is 38.9. The molecule has 3 rings (SSSR count). The monoisotopic (exact) mass is 375 g/mol. The van der Waals surface area contributed by atoms with Gasteiger partial charge >= 0.3 is 0 Å². The summed E-state index contributed by atoms with van der Waals surface area (Å²) < 4.78 is 5.38. The van der Waals surface area contributed by atoms with E-state index in [9.17, 15) is 9.59 Å². The van der Waals surface area contributed by atoms with Crippen molar-refractivity contribution < 1.29 is 14.3 Å². The van der Waals surface area contributed by atoms with E-state index in [0.717, 1.165) is 58.7 Å². The zero-order chi connectivity index (χ0) is 19.1.